The minimum Gasteiger partial charge on any atom is -0.465 e. The number of fused-ring (bicyclic) bond motifs is 1. The van der Waals surface area contributed by atoms with E-state index in [9.17, 15) is 9.59 Å². The van der Waals surface area contributed by atoms with Crippen molar-refractivity contribution in [1.29, 1.82) is 0 Å². The predicted molar refractivity (Wildman–Crippen MR) is 85.6 cm³/mol. The fourth-order valence-electron chi connectivity index (χ4n) is 3.11. The SMILES string of the molecule is O=C1OC[C@H]2CN(C(=O)c3cnc(Nc4ccccc4)nc3)C[C@@H]12. The van der Waals surface area contributed by atoms with Crippen LogP contribution >= 0.6 is 0 Å². The number of cyclic esters (lactones) is 1. The number of esters is 1. The number of carbonyl (C=O) groups excluding carboxylic acids is 2. The van der Waals surface area contributed by atoms with Gasteiger partial charge >= 0.3 is 5.97 Å². The molecule has 122 valence electrons. The number of rotatable bonds is 3. The first kappa shape index (κ1) is 14.6. The van der Waals surface area contributed by atoms with Crippen molar-refractivity contribution < 1.29 is 14.3 Å². The van der Waals surface area contributed by atoms with Crippen LogP contribution in [0.2, 0.25) is 0 Å². The Kier molecular flexibility index (Phi) is 3.60. The molecule has 2 atom stereocenters. The summed E-state index contributed by atoms with van der Waals surface area (Å²) in [4.78, 5) is 34.2. The van der Waals surface area contributed by atoms with E-state index in [-0.39, 0.29) is 23.7 Å². The van der Waals surface area contributed by atoms with Gasteiger partial charge in [-0.3, -0.25) is 9.59 Å². The van der Waals surface area contributed by atoms with Gasteiger partial charge in [0.1, 0.15) is 0 Å². The lowest BCUT2D eigenvalue weighted by atomic mass is 10.0. The first-order valence-corrected chi connectivity index (χ1v) is 7.81. The van der Waals surface area contributed by atoms with Gasteiger partial charge in [0.25, 0.3) is 5.91 Å². The zero-order valence-corrected chi connectivity index (χ0v) is 12.9. The molecule has 2 saturated heterocycles. The molecule has 0 spiro atoms. The van der Waals surface area contributed by atoms with E-state index in [4.69, 9.17) is 4.74 Å². The van der Waals surface area contributed by atoms with Crippen LogP contribution in [0.4, 0.5) is 11.6 Å². The highest BCUT2D eigenvalue weighted by Gasteiger charge is 2.45. The molecule has 24 heavy (non-hydrogen) atoms. The second-order valence-corrected chi connectivity index (χ2v) is 5.99. The third-order valence-electron chi connectivity index (χ3n) is 4.40. The van der Waals surface area contributed by atoms with E-state index >= 15 is 0 Å². The normalized spacial score (nSPS) is 22.2. The summed E-state index contributed by atoms with van der Waals surface area (Å²) in [5.74, 6) is 0.00678. The zero-order valence-electron chi connectivity index (χ0n) is 12.9. The van der Waals surface area contributed by atoms with Crippen LogP contribution in [0.1, 0.15) is 10.4 Å². The average Bonchev–Trinajstić information content (AvgIpc) is 3.18. The fraction of sp³-hybridized carbons (Fsp3) is 0.294. The maximum atomic E-state index is 12.5. The number of aromatic nitrogens is 2. The Labute approximate surface area is 138 Å². The standard InChI is InChI=1S/C17H16N4O3/c22-15(21-8-12-10-24-16(23)14(12)9-21)11-6-18-17(19-7-11)20-13-4-2-1-3-5-13/h1-7,12,14H,8-10H2,(H,18,19,20)/t12-,14-/m1/s1. The summed E-state index contributed by atoms with van der Waals surface area (Å²) in [6, 6.07) is 9.56. The number of nitrogens with zero attached hydrogens (tertiary/aromatic N) is 3. The molecule has 1 N–H and O–H groups in total. The molecule has 3 heterocycles. The van der Waals surface area contributed by atoms with Crippen LogP contribution in [0.15, 0.2) is 42.7 Å². The molecule has 0 aliphatic carbocycles. The van der Waals surface area contributed by atoms with E-state index in [2.05, 4.69) is 15.3 Å². The number of anilines is 2. The molecule has 2 aromatic rings. The number of ether oxygens (including phenoxy) is 1. The number of hydrogen-bond donors (Lipinski definition) is 1. The van der Waals surface area contributed by atoms with E-state index in [0.717, 1.165) is 5.69 Å². The van der Waals surface area contributed by atoms with Gasteiger partial charge in [-0.1, -0.05) is 18.2 Å². The van der Waals surface area contributed by atoms with Crippen molar-refractivity contribution in [2.75, 3.05) is 25.0 Å². The third-order valence-corrected chi connectivity index (χ3v) is 4.40. The molecule has 2 fully saturated rings. The molecule has 1 amide bonds. The number of amides is 1. The van der Waals surface area contributed by atoms with E-state index in [1.807, 2.05) is 30.3 Å². The van der Waals surface area contributed by atoms with Crippen molar-refractivity contribution in [2.45, 2.75) is 0 Å². The van der Waals surface area contributed by atoms with Gasteiger partial charge in [0, 0.05) is 37.1 Å². The van der Waals surface area contributed by atoms with Crippen molar-refractivity contribution in [1.82, 2.24) is 14.9 Å². The number of para-hydroxylation sites is 1. The molecular weight excluding hydrogens is 308 g/mol. The highest BCUT2D eigenvalue weighted by molar-refractivity contribution is 5.94. The summed E-state index contributed by atoms with van der Waals surface area (Å²) in [5.41, 5.74) is 1.30. The van der Waals surface area contributed by atoms with Gasteiger partial charge in [0.05, 0.1) is 18.1 Å². The Morgan fingerprint density at radius 3 is 2.62 bits per heavy atom. The molecular formula is C17H16N4O3. The Balaban J connectivity index is 1.43. The van der Waals surface area contributed by atoms with Crippen molar-refractivity contribution >= 4 is 23.5 Å². The van der Waals surface area contributed by atoms with E-state index in [1.54, 1.807) is 4.90 Å². The van der Waals surface area contributed by atoms with Crippen LogP contribution in [-0.2, 0) is 9.53 Å². The van der Waals surface area contributed by atoms with Gasteiger partial charge in [-0.25, -0.2) is 9.97 Å². The summed E-state index contributed by atoms with van der Waals surface area (Å²) < 4.78 is 5.02. The largest absolute Gasteiger partial charge is 0.465 e. The summed E-state index contributed by atoms with van der Waals surface area (Å²) in [6.45, 7) is 1.36. The van der Waals surface area contributed by atoms with Gasteiger partial charge in [-0.05, 0) is 12.1 Å². The molecule has 0 saturated carbocycles. The van der Waals surface area contributed by atoms with Crippen LogP contribution in [-0.4, -0.2) is 46.4 Å². The minimum atomic E-state index is -0.200. The van der Waals surface area contributed by atoms with Gasteiger partial charge in [-0.2, -0.15) is 0 Å². The third kappa shape index (κ3) is 2.68. The number of nitrogens with one attached hydrogen (secondary N) is 1. The van der Waals surface area contributed by atoms with Crippen LogP contribution in [0.25, 0.3) is 0 Å². The van der Waals surface area contributed by atoms with E-state index in [1.165, 1.54) is 12.4 Å². The maximum Gasteiger partial charge on any atom is 0.311 e. The lowest BCUT2D eigenvalue weighted by molar-refractivity contribution is -0.141. The van der Waals surface area contributed by atoms with Crippen molar-refractivity contribution in [3.63, 3.8) is 0 Å². The molecule has 0 radical (unpaired) electrons. The molecule has 4 rings (SSSR count). The van der Waals surface area contributed by atoms with Crippen molar-refractivity contribution in [2.24, 2.45) is 11.8 Å². The molecule has 1 aromatic carbocycles. The highest BCUT2D eigenvalue weighted by Crippen LogP contribution is 2.31. The Morgan fingerprint density at radius 1 is 1.17 bits per heavy atom. The molecule has 0 unspecified atom stereocenters. The zero-order chi connectivity index (χ0) is 16.5. The van der Waals surface area contributed by atoms with E-state index in [0.29, 0.717) is 31.2 Å². The quantitative estimate of drug-likeness (QED) is 0.861. The summed E-state index contributed by atoms with van der Waals surface area (Å²) in [6.07, 6.45) is 3.01. The fourth-order valence-corrected chi connectivity index (χ4v) is 3.11. The van der Waals surface area contributed by atoms with Crippen LogP contribution in [0.5, 0.6) is 0 Å². The Bertz CT molecular complexity index is 763. The molecule has 0 bridgehead atoms. The highest BCUT2D eigenvalue weighted by atomic mass is 16.5. The average molecular weight is 324 g/mol. The topological polar surface area (TPSA) is 84.4 Å². The van der Waals surface area contributed by atoms with Crippen molar-refractivity contribution in [3.8, 4) is 0 Å². The van der Waals surface area contributed by atoms with Crippen LogP contribution in [0.3, 0.4) is 0 Å². The monoisotopic (exact) mass is 324 g/mol. The smallest absolute Gasteiger partial charge is 0.311 e. The van der Waals surface area contributed by atoms with E-state index < -0.39 is 0 Å². The number of carbonyl (C=O) groups is 2. The summed E-state index contributed by atoms with van der Waals surface area (Å²) in [5, 5.41) is 3.07. The molecule has 7 heteroatoms. The van der Waals surface area contributed by atoms with Gasteiger partial charge < -0.3 is 15.0 Å². The number of likely N-dealkylation sites (tertiary alicyclic amines) is 1. The first-order chi connectivity index (χ1) is 11.7. The summed E-state index contributed by atoms with van der Waals surface area (Å²) in [7, 11) is 0. The van der Waals surface area contributed by atoms with Gasteiger partial charge in [0.2, 0.25) is 5.95 Å². The number of hydrogen-bond acceptors (Lipinski definition) is 6. The van der Waals surface area contributed by atoms with Gasteiger partial charge in [0.15, 0.2) is 0 Å². The second-order valence-electron chi connectivity index (χ2n) is 5.99. The Hall–Kier alpha value is -2.96. The lowest BCUT2D eigenvalue weighted by Gasteiger charge is -2.17. The molecule has 2 aliphatic heterocycles. The Morgan fingerprint density at radius 2 is 1.92 bits per heavy atom. The van der Waals surface area contributed by atoms with Crippen molar-refractivity contribution in [3.05, 3.63) is 48.3 Å². The minimum absolute atomic E-state index is 0.112. The molecule has 1 aromatic heterocycles. The van der Waals surface area contributed by atoms with Crippen LogP contribution in [0, 0.1) is 11.8 Å². The molecule has 7 nitrogen and oxygen atoms in total. The first-order valence-electron chi connectivity index (χ1n) is 7.81. The predicted octanol–water partition coefficient (Wildman–Crippen LogP) is 1.47. The lowest BCUT2D eigenvalue weighted by Crippen LogP contribution is -2.31. The summed E-state index contributed by atoms with van der Waals surface area (Å²) >= 11 is 0. The maximum absolute atomic E-state index is 12.5. The molecule has 2 aliphatic rings. The van der Waals surface area contributed by atoms with Gasteiger partial charge in [-0.15, -0.1) is 0 Å². The second kappa shape index (κ2) is 5.92. The number of benzene rings is 1. The van der Waals surface area contributed by atoms with Crippen LogP contribution < -0.4 is 5.32 Å².